The highest BCUT2D eigenvalue weighted by molar-refractivity contribution is 5.20. The molecule has 3 nitrogen and oxygen atoms in total. The minimum atomic E-state index is 0.114. The Kier molecular flexibility index (Phi) is 4.13. The average molecular weight is 251 g/mol. The Bertz CT molecular complexity index is 386. The van der Waals surface area contributed by atoms with Crippen molar-refractivity contribution in [2.75, 3.05) is 0 Å². The first-order valence-electron chi connectivity index (χ1n) is 6.89. The first kappa shape index (κ1) is 13.6. The minimum absolute atomic E-state index is 0.114. The van der Waals surface area contributed by atoms with E-state index >= 15 is 0 Å². The maximum atomic E-state index is 5.82. The fourth-order valence-corrected chi connectivity index (χ4v) is 1.92. The molecule has 18 heavy (non-hydrogen) atoms. The van der Waals surface area contributed by atoms with Crippen LogP contribution in [0.1, 0.15) is 57.1 Å². The van der Waals surface area contributed by atoms with Crippen molar-refractivity contribution in [1.82, 2.24) is 5.32 Å². The normalized spacial score (nSPS) is 16.9. The maximum Gasteiger partial charge on any atom is 0.118 e. The van der Waals surface area contributed by atoms with Crippen LogP contribution >= 0.6 is 0 Å². The quantitative estimate of drug-likeness (QED) is 0.869. The van der Waals surface area contributed by atoms with Gasteiger partial charge in [0.1, 0.15) is 11.5 Å². The topological polar surface area (TPSA) is 34.4 Å². The van der Waals surface area contributed by atoms with E-state index in [-0.39, 0.29) is 5.54 Å². The van der Waals surface area contributed by atoms with Crippen LogP contribution in [0.25, 0.3) is 0 Å². The third kappa shape index (κ3) is 3.85. The summed E-state index contributed by atoms with van der Waals surface area (Å²) in [6, 6.07) is 2.12. The van der Waals surface area contributed by atoms with Gasteiger partial charge < -0.3 is 14.5 Å². The van der Waals surface area contributed by atoms with Gasteiger partial charge in [-0.25, -0.2) is 0 Å². The van der Waals surface area contributed by atoms with Gasteiger partial charge in [0.25, 0.3) is 0 Å². The molecule has 0 bridgehead atoms. The van der Waals surface area contributed by atoms with E-state index in [1.807, 2.05) is 6.92 Å². The van der Waals surface area contributed by atoms with Crippen LogP contribution in [-0.4, -0.2) is 11.6 Å². The summed E-state index contributed by atoms with van der Waals surface area (Å²) in [5.41, 5.74) is 1.30. The van der Waals surface area contributed by atoms with E-state index in [0.717, 1.165) is 18.1 Å². The van der Waals surface area contributed by atoms with Crippen molar-refractivity contribution in [2.45, 2.75) is 71.8 Å². The van der Waals surface area contributed by atoms with Crippen LogP contribution in [0.4, 0.5) is 0 Å². The molecule has 0 saturated heterocycles. The summed E-state index contributed by atoms with van der Waals surface area (Å²) in [4.78, 5) is 0. The van der Waals surface area contributed by atoms with E-state index in [1.54, 1.807) is 0 Å². The molecule has 1 saturated carbocycles. The van der Waals surface area contributed by atoms with Gasteiger partial charge in [0, 0.05) is 11.1 Å². The zero-order chi connectivity index (χ0) is 13.2. The standard InChI is InChI=1S/C15H25NO2/c1-11-12(10-17-13-6-5-7-13)8-14(18-11)9-16-15(2,3)4/h8,13,16H,5-7,9-10H2,1-4H3. The van der Waals surface area contributed by atoms with Gasteiger partial charge in [0.2, 0.25) is 0 Å². The molecule has 102 valence electrons. The lowest BCUT2D eigenvalue weighted by Crippen LogP contribution is -2.34. The van der Waals surface area contributed by atoms with Crippen LogP contribution in [0.3, 0.4) is 0 Å². The first-order chi connectivity index (χ1) is 8.44. The van der Waals surface area contributed by atoms with E-state index < -0.39 is 0 Å². The highest BCUT2D eigenvalue weighted by Crippen LogP contribution is 2.24. The zero-order valence-corrected chi connectivity index (χ0v) is 12.0. The predicted molar refractivity (Wildman–Crippen MR) is 72.5 cm³/mol. The Morgan fingerprint density at radius 3 is 2.67 bits per heavy atom. The van der Waals surface area contributed by atoms with Gasteiger partial charge in [-0.3, -0.25) is 0 Å². The van der Waals surface area contributed by atoms with Crippen LogP contribution in [0, 0.1) is 6.92 Å². The van der Waals surface area contributed by atoms with Crippen molar-refractivity contribution in [3.05, 3.63) is 23.2 Å². The third-order valence-corrected chi connectivity index (χ3v) is 3.39. The molecular weight excluding hydrogens is 226 g/mol. The largest absolute Gasteiger partial charge is 0.465 e. The lowest BCUT2D eigenvalue weighted by molar-refractivity contribution is -0.00908. The minimum Gasteiger partial charge on any atom is -0.465 e. The molecule has 0 spiro atoms. The Morgan fingerprint density at radius 2 is 2.11 bits per heavy atom. The van der Waals surface area contributed by atoms with Gasteiger partial charge in [-0.05, 0) is 53.0 Å². The second-order valence-corrected chi connectivity index (χ2v) is 6.26. The molecule has 1 fully saturated rings. The van der Waals surface area contributed by atoms with E-state index in [9.17, 15) is 0 Å². The lowest BCUT2D eigenvalue weighted by atomic mass is 9.96. The molecule has 0 aliphatic heterocycles. The van der Waals surface area contributed by atoms with Crippen LogP contribution in [0.15, 0.2) is 10.5 Å². The summed E-state index contributed by atoms with van der Waals surface area (Å²) in [5.74, 6) is 1.98. The van der Waals surface area contributed by atoms with Crippen LogP contribution < -0.4 is 5.32 Å². The summed E-state index contributed by atoms with van der Waals surface area (Å²) in [5, 5.41) is 3.43. The van der Waals surface area contributed by atoms with E-state index in [1.165, 1.54) is 24.8 Å². The van der Waals surface area contributed by atoms with Crippen molar-refractivity contribution < 1.29 is 9.15 Å². The van der Waals surface area contributed by atoms with Gasteiger partial charge in [0.05, 0.1) is 19.3 Å². The highest BCUT2D eigenvalue weighted by Gasteiger charge is 2.19. The zero-order valence-electron chi connectivity index (χ0n) is 12.0. The molecule has 0 amide bonds. The van der Waals surface area contributed by atoms with Gasteiger partial charge in [-0.1, -0.05) is 0 Å². The third-order valence-electron chi connectivity index (χ3n) is 3.39. The molecule has 1 aromatic rings. The molecular formula is C15H25NO2. The summed E-state index contributed by atoms with van der Waals surface area (Å²) in [6.45, 7) is 9.94. The number of nitrogens with one attached hydrogen (secondary N) is 1. The van der Waals surface area contributed by atoms with Crippen LogP contribution in [0.2, 0.25) is 0 Å². The number of hydrogen-bond donors (Lipinski definition) is 1. The van der Waals surface area contributed by atoms with Crippen LogP contribution in [-0.2, 0) is 17.9 Å². The highest BCUT2D eigenvalue weighted by atomic mass is 16.5. The predicted octanol–water partition coefficient (Wildman–Crippen LogP) is 3.55. The Balaban J connectivity index is 1.85. The monoisotopic (exact) mass is 251 g/mol. The van der Waals surface area contributed by atoms with Crippen molar-refractivity contribution in [3.8, 4) is 0 Å². The van der Waals surface area contributed by atoms with E-state index in [2.05, 4.69) is 32.2 Å². The number of aryl methyl sites for hydroxylation is 1. The fourth-order valence-electron chi connectivity index (χ4n) is 1.92. The first-order valence-corrected chi connectivity index (χ1v) is 6.89. The van der Waals surface area contributed by atoms with Crippen molar-refractivity contribution in [3.63, 3.8) is 0 Å². The Labute approximate surface area is 110 Å². The molecule has 1 aliphatic carbocycles. The van der Waals surface area contributed by atoms with Crippen molar-refractivity contribution in [1.29, 1.82) is 0 Å². The smallest absolute Gasteiger partial charge is 0.118 e. The molecule has 0 aromatic carbocycles. The molecule has 2 rings (SSSR count). The summed E-state index contributed by atoms with van der Waals surface area (Å²) < 4.78 is 11.6. The maximum absolute atomic E-state index is 5.82. The SMILES string of the molecule is Cc1oc(CNC(C)(C)C)cc1COC1CCC1. The van der Waals surface area contributed by atoms with Gasteiger partial charge in [-0.15, -0.1) is 0 Å². The summed E-state index contributed by atoms with van der Waals surface area (Å²) in [7, 11) is 0. The molecule has 1 aromatic heterocycles. The Hall–Kier alpha value is -0.800. The number of furan rings is 1. The molecule has 1 heterocycles. The Morgan fingerprint density at radius 1 is 1.39 bits per heavy atom. The molecule has 3 heteroatoms. The molecule has 1 N–H and O–H groups in total. The molecule has 0 unspecified atom stereocenters. The summed E-state index contributed by atoms with van der Waals surface area (Å²) in [6.07, 6.45) is 4.23. The second kappa shape index (κ2) is 5.45. The van der Waals surface area contributed by atoms with Crippen molar-refractivity contribution in [2.24, 2.45) is 0 Å². The number of hydrogen-bond acceptors (Lipinski definition) is 3. The van der Waals surface area contributed by atoms with E-state index in [4.69, 9.17) is 9.15 Å². The van der Waals surface area contributed by atoms with Gasteiger partial charge in [-0.2, -0.15) is 0 Å². The van der Waals surface area contributed by atoms with Crippen LogP contribution in [0.5, 0.6) is 0 Å². The average Bonchev–Trinajstić information content (AvgIpc) is 2.54. The number of rotatable bonds is 5. The van der Waals surface area contributed by atoms with Gasteiger partial charge >= 0.3 is 0 Å². The molecule has 0 radical (unpaired) electrons. The molecule has 1 aliphatic rings. The fraction of sp³-hybridized carbons (Fsp3) is 0.733. The van der Waals surface area contributed by atoms with Gasteiger partial charge in [0.15, 0.2) is 0 Å². The second-order valence-electron chi connectivity index (χ2n) is 6.26. The van der Waals surface area contributed by atoms with Crippen molar-refractivity contribution >= 4 is 0 Å². The summed E-state index contributed by atoms with van der Waals surface area (Å²) >= 11 is 0. The van der Waals surface area contributed by atoms with E-state index in [0.29, 0.717) is 12.7 Å². The molecule has 0 atom stereocenters. The number of ether oxygens (including phenoxy) is 1. The lowest BCUT2D eigenvalue weighted by Gasteiger charge is -2.25.